The standard InChI is InChI=1S/C28H35NO5/c1-6-33-25(31)28(24(30)12-11-19-8-7-13-34-19)17-27(3)22-14-18-9-10-20(32-5)15-21(18)26(27,2)16-23(28)29(22)4/h7-10,13,15,22-23H,6,11-12,14,16-17H2,1-5H3/t22?,23?,26-,27+,28?/m0/s1. The highest BCUT2D eigenvalue weighted by Gasteiger charge is 2.73. The maximum Gasteiger partial charge on any atom is 0.321 e. The Labute approximate surface area is 201 Å². The average molecular weight is 466 g/mol. The van der Waals surface area contributed by atoms with Gasteiger partial charge in [-0.3, -0.25) is 14.5 Å². The number of benzene rings is 1. The molecule has 1 saturated carbocycles. The van der Waals surface area contributed by atoms with E-state index in [9.17, 15) is 9.59 Å². The predicted octanol–water partition coefficient (Wildman–Crippen LogP) is 4.34. The van der Waals surface area contributed by atoms with E-state index in [2.05, 4.69) is 37.9 Å². The van der Waals surface area contributed by atoms with Crippen LogP contribution in [0.15, 0.2) is 41.0 Å². The first-order valence-corrected chi connectivity index (χ1v) is 12.3. The monoisotopic (exact) mass is 465 g/mol. The van der Waals surface area contributed by atoms with E-state index in [4.69, 9.17) is 13.9 Å². The van der Waals surface area contributed by atoms with E-state index >= 15 is 0 Å². The molecule has 0 spiro atoms. The summed E-state index contributed by atoms with van der Waals surface area (Å²) in [5, 5.41) is 0. The van der Waals surface area contributed by atoms with Crippen LogP contribution in [0.1, 0.15) is 56.9 Å². The van der Waals surface area contributed by atoms with E-state index in [1.165, 1.54) is 11.1 Å². The number of carbonyl (C=O) groups is 2. The molecule has 0 amide bonds. The molecule has 3 fully saturated rings. The van der Waals surface area contributed by atoms with Gasteiger partial charge in [-0.1, -0.05) is 19.9 Å². The Balaban J connectivity index is 1.58. The van der Waals surface area contributed by atoms with Gasteiger partial charge in [-0.15, -0.1) is 0 Å². The SMILES string of the molecule is CCOC(=O)C1(C(=O)CCc2ccco2)C[C@]2(C)C3Cc4ccc(OC)cc4[C@]2(C)CC1N3C. The summed E-state index contributed by atoms with van der Waals surface area (Å²) in [5.41, 5.74) is 1.02. The molecule has 0 radical (unpaired) electrons. The number of nitrogens with zero attached hydrogens (tertiary/aromatic N) is 1. The Kier molecular flexibility index (Phi) is 5.43. The molecule has 34 heavy (non-hydrogen) atoms. The van der Waals surface area contributed by atoms with Crippen molar-refractivity contribution < 1.29 is 23.5 Å². The number of ketones is 1. The van der Waals surface area contributed by atoms with Gasteiger partial charge in [-0.05, 0) is 74.0 Å². The summed E-state index contributed by atoms with van der Waals surface area (Å²) in [4.78, 5) is 30.0. The molecule has 6 rings (SSSR count). The van der Waals surface area contributed by atoms with Gasteiger partial charge in [0, 0.05) is 30.3 Å². The minimum absolute atomic E-state index is 0.0302. The van der Waals surface area contributed by atoms with Crippen LogP contribution in [0.25, 0.3) is 0 Å². The third kappa shape index (κ3) is 2.97. The van der Waals surface area contributed by atoms with Crippen molar-refractivity contribution in [3.63, 3.8) is 0 Å². The molecule has 5 atom stereocenters. The molecule has 3 heterocycles. The molecule has 6 nitrogen and oxygen atoms in total. The fraction of sp³-hybridized carbons (Fsp3) is 0.571. The summed E-state index contributed by atoms with van der Waals surface area (Å²) in [7, 11) is 3.79. The first-order chi connectivity index (χ1) is 16.2. The first-order valence-electron chi connectivity index (χ1n) is 12.3. The van der Waals surface area contributed by atoms with Gasteiger partial charge >= 0.3 is 5.97 Å². The minimum atomic E-state index is -1.17. The predicted molar refractivity (Wildman–Crippen MR) is 128 cm³/mol. The zero-order valence-electron chi connectivity index (χ0n) is 20.8. The van der Waals surface area contributed by atoms with Crippen LogP contribution in [0.3, 0.4) is 0 Å². The number of Topliss-reactive ketones (excluding diaryl/α,β-unsaturated/α-hetero) is 1. The molecular formula is C28H35NO5. The summed E-state index contributed by atoms with van der Waals surface area (Å²) in [6.07, 6.45) is 4.49. The summed E-state index contributed by atoms with van der Waals surface area (Å²) >= 11 is 0. The molecule has 1 aromatic heterocycles. The van der Waals surface area contributed by atoms with Gasteiger partial charge in [0.15, 0.2) is 5.78 Å². The number of piperidine rings is 2. The number of methoxy groups -OCH3 is 1. The normalized spacial score (nSPS) is 33.9. The number of hydrogen-bond acceptors (Lipinski definition) is 6. The van der Waals surface area contributed by atoms with Gasteiger partial charge < -0.3 is 13.9 Å². The van der Waals surface area contributed by atoms with Crippen LogP contribution in [0.5, 0.6) is 5.75 Å². The summed E-state index contributed by atoms with van der Waals surface area (Å²) < 4.78 is 16.6. The number of likely N-dealkylation sites (N-methyl/N-ethyl adjacent to an activating group) is 1. The van der Waals surface area contributed by atoms with Gasteiger partial charge in [0.2, 0.25) is 0 Å². The van der Waals surface area contributed by atoms with Crippen LogP contribution in [0.2, 0.25) is 0 Å². The zero-order valence-corrected chi connectivity index (χ0v) is 20.8. The zero-order chi connectivity index (χ0) is 24.3. The Hall–Kier alpha value is -2.60. The van der Waals surface area contributed by atoms with Gasteiger partial charge in [-0.25, -0.2) is 0 Å². The fourth-order valence-corrected chi connectivity index (χ4v) is 7.48. The van der Waals surface area contributed by atoms with Crippen molar-refractivity contribution in [3.05, 3.63) is 53.5 Å². The van der Waals surface area contributed by atoms with E-state index in [1.54, 1.807) is 13.4 Å². The molecule has 1 aromatic carbocycles. The van der Waals surface area contributed by atoms with Crippen LogP contribution in [0.4, 0.5) is 0 Å². The quantitative estimate of drug-likeness (QED) is 0.448. The van der Waals surface area contributed by atoms with E-state index < -0.39 is 5.41 Å². The number of esters is 1. The number of fused-ring (bicyclic) bond motifs is 2. The summed E-state index contributed by atoms with van der Waals surface area (Å²) in [5.74, 6) is 1.22. The lowest BCUT2D eigenvalue weighted by Gasteiger charge is -2.71. The van der Waals surface area contributed by atoms with Gasteiger partial charge in [0.25, 0.3) is 0 Å². The number of carbonyl (C=O) groups excluding carboxylic acids is 2. The summed E-state index contributed by atoms with van der Waals surface area (Å²) in [6.45, 7) is 6.67. The van der Waals surface area contributed by atoms with E-state index in [0.717, 1.165) is 24.4 Å². The van der Waals surface area contributed by atoms with Crippen LogP contribution >= 0.6 is 0 Å². The van der Waals surface area contributed by atoms with Crippen molar-refractivity contribution in [3.8, 4) is 5.75 Å². The molecular weight excluding hydrogens is 430 g/mol. The third-order valence-corrected chi connectivity index (χ3v) is 9.44. The minimum Gasteiger partial charge on any atom is -0.497 e. The lowest BCUT2D eigenvalue weighted by atomic mass is 9.39. The highest BCUT2D eigenvalue weighted by atomic mass is 16.5. The molecule has 4 bridgehead atoms. The molecule has 4 aliphatic rings. The second-order valence-corrected chi connectivity index (χ2v) is 10.7. The van der Waals surface area contributed by atoms with Crippen LogP contribution in [-0.2, 0) is 32.6 Å². The first kappa shape index (κ1) is 23.2. The number of ether oxygens (including phenoxy) is 2. The second kappa shape index (κ2) is 7.98. The number of aryl methyl sites for hydroxylation is 1. The van der Waals surface area contributed by atoms with Crippen molar-refractivity contribution >= 4 is 11.8 Å². The molecule has 0 N–H and O–H groups in total. The topological polar surface area (TPSA) is 69.0 Å². The third-order valence-electron chi connectivity index (χ3n) is 9.44. The van der Waals surface area contributed by atoms with E-state index in [0.29, 0.717) is 12.8 Å². The van der Waals surface area contributed by atoms with E-state index in [-0.39, 0.29) is 47.7 Å². The van der Waals surface area contributed by atoms with Crippen molar-refractivity contribution in [2.75, 3.05) is 20.8 Å². The maximum absolute atomic E-state index is 14.0. The van der Waals surface area contributed by atoms with Crippen molar-refractivity contribution in [1.82, 2.24) is 4.90 Å². The lowest BCUT2D eigenvalue weighted by molar-refractivity contribution is -0.208. The summed E-state index contributed by atoms with van der Waals surface area (Å²) in [6, 6.07) is 10.1. The fourth-order valence-electron chi connectivity index (χ4n) is 7.48. The van der Waals surface area contributed by atoms with Gasteiger partial charge in [0.1, 0.15) is 16.9 Å². The Morgan fingerprint density at radius 2 is 2.00 bits per heavy atom. The van der Waals surface area contributed by atoms with Crippen LogP contribution < -0.4 is 4.74 Å². The molecule has 6 heteroatoms. The molecule has 2 aliphatic carbocycles. The van der Waals surface area contributed by atoms with Gasteiger partial charge in [-0.2, -0.15) is 0 Å². The maximum atomic E-state index is 14.0. The smallest absolute Gasteiger partial charge is 0.321 e. The van der Waals surface area contributed by atoms with Crippen molar-refractivity contribution in [2.45, 2.75) is 70.4 Å². The van der Waals surface area contributed by atoms with Gasteiger partial charge in [0.05, 0.1) is 20.0 Å². The number of furan rings is 1. The van der Waals surface area contributed by atoms with Crippen molar-refractivity contribution in [1.29, 1.82) is 0 Å². The highest BCUT2D eigenvalue weighted by molar-refractivity contribution is 6.05. The lowest BCUT2D eigenvalue weighted by Crippen LogP contribution is -2.78. The second-order valence-electron chi connectivity index (χ2n) is 10.7. The molecule has 2 aromatic rings. The molecule has 2 saturated heterocycles. The van der Waals surface area contributed by atoms with Crippen LogP contribution in [-0.4, -0.2) is 49.5 Å². The van der Waals surface area contributed by atoms with Crippen LogP contribution in [0, 0.1) is 10.8 Å². The largest absolute Gasteiger partial charge is 0.497 e. The molecule has 182 valence electrons. The highest BCUT2D eigenvalue weighted by Crippen LogP contribution is 2.68. The molecule has 3 unspecified atom stereocenters. The van der Waals surface area contributed by atoms with Crippen molar-refractivity contribution in [2.24, 2.45) is 10.8 Å². The average Bonchev–Trinajstić information content (AvgIpc) is 3.34. The number of hydrogen-bond donors (Lipinski definition) is 0. The van der Waals surface area contributed by atoms with E-state index in [1.807, 2.05) is 25.1 Å². The number of rotatable bonds is 7. The molecule has 2 aliphatic heterocycles. The Morgan fingerprint density at radius 3 is 2.68 bits per heavy atom. The Bertz CT molecular complexity index is 1110. The Morgan fingerprint density at radius 1 is 1.21 bits per heavy atom.